The first-order chi connectivity index (χ1) is 8.63. The van der Waals surface area contributed by atoms with Crippen LogP contribution in [0.1, 0.15) is 22.5 Å². The fourth-order valence-electron chi connectivity index (χ4n) is 2.33. The van der Waals surface area contributed by atoms with Gasteiger partial charge in [-0.25, -0.2) is 0 Å². The molecule has 94 valence electrons. The van der Waals surface area contributed by atoms with Crippen molar-refractivity contribution in [1.29, 1.82) is 0 Å². The molecule has 0 radical (unpaired) electrons. The molecule has 2 heterocycles. The summed E-state index contributed by atoms with van der Waals surface area (Å²) in [6, 6.07) is 7.71. The van der Waals surface area contributed by atoms with Crippen LogP contribution in [0.5, 0.6) is 0 Å². The molecule has 1 fully saturated rings. The predicted octanol–water partition coefficient (Wildman–Crippen LogP) is 3.19. The van der Waals surface area contributed by atoms with Crippen LogP contribution >= 0.6 is 11.6 Å². The molecular formula is C14H14ClNO2. The maximum absolute atomic E-state index is 12.2. The minimum absolute atomic E-state index is 0.0630. The molecule has 1 aromatic carbocycles. The summed E-state index contributed by atoms with van der Waals surface area (Å²) in [4.78, 5) is 14.0. The van der Waals surface area contributed by atoms with E-state index < -0.39 is 0 Å². The van der Waals surface area contributed by atoms with Gasteiger partial charge in [0, 0.05) is 18.5 Å². The van der Waals surface area contributed by atoms with Gasteiger partial charge in [-0.2, -0.15) is 0 Å². The molecule has 1 aliphatic heterocycles. The number of fused-ring (bicyclic) bond motifs is 1. The number of likely N-dealkylation sites (tertiary alicyclic amines) is 1. The highest BCUT2D eigenvalue weighted by atomic mass is 35.5. The fraction of sp³-hybridized carbons (Fsp3) is 0.357. The number of rotatable bonds is 1. The third-order valence-electron chi connectivity index (χ3n) is 3.30. The molecule has 2 aromatic rings. The van der Waals surface area contributed by atoms with Crippen molar-refractivity contribution in [1.82, 2.24) is 4.90 Å². The standard InChI is InChI=1S/C14H14ClNO2/c1-9-2-3-12-10(6-9)7-13(18-12)14(17)16-5-4-11(15)8-16/h2-3,6-7,11H,4-5,8H2,1H3. The summed E-state index contributed by atoms with van der Waals surface area (Å²) in [5.41, 5.74) is 1.91. The van der Waals surface area contributed by atoms with E-state index in [4.69, 9.17) is 16.0 Å². The zero-order chi connectivity index (χ0) is 12.7. The Morgan fingerprint density at radius 1 is 1.44 bits per heavy atom. The first-order valence-corrected chi connectivity index (χ1v) is 6.50. The van der Waals surface area contributed by atoms with Crippen LogP contribution in [-0.2, 0) is 0 Å². The molecule has 3 rings (SSSR count). The SMILES string of the molecule is Cc1ccc2oc(C(=O)N3CCC(Cl)C3)cc2c1. The van der Waals surface area contributed by atoms with Gasteiger partial charge in [0.1, 0.15) is 5.58 Å². The maximum atomic E-state index is 12.2. The molecule has 1 atom stereocenters. The quantitative estimate of drug-likeness (QED) is 0.741. The highest BCUT2D eigenvalue weighted by molar-refractivity contribution is 6.21. The highest BCUT2D eigenvalue weighted by Gasteiger charge is 2.27. The average molecular weight is 264 g/mol. The van der Waals surface area contributed by atoms with Crippen molar-refractivity contribution in [3.8, 4) is 0 Å². The zero-order valence-corrected chi connectivity index (χ0v) is 10.9. The second-order valence-corrected chi connectivity index (χ2v) is 5.41. The smallest absolute Gasteiger partial charge is 0.289 e. The van der Waals surface area contributed by atoms with Crippen LogP contribution in [0.25, 0.3) is 11.0 Å². The number of hydrogen-bond donors (Lipinski definition) is 0. The molecule has 1 unspecified atom stereocenters. The molecule has 18 heavy (non-hydrogen) atoms. The fourth-order valence-corrected chi connectivity index (χ4v) is 2.59. The summed E-state index contributed by atoms with van der Waals surface area (Å²) in [6.07, 6.45) is 0.854. The van der Waals surface area contributed by atoms with E-state index in [1.54, 1.807) is 4.90 Å². The van der Waals surface area contributed by atoms with E-state index in [9.17, 15) is 4.79 Å². The predicted molar refractivity (Wildman–Crippen MR) is 71.1 cm³/mol. The van der Waals surface area contributed by atoms with E-state index >= 15 is 0 Å². The van der Waals surface area contributed by atoms with Gasteiger partial charge in [0.15, 0.2) is 5.76 Å². The number of alkyl halides is 1. The van der Waals surface area contributed by atoms with Crippen LogP contribution in [0, 0.1) is 6.92 Å². The number of carbonyl (C=O) groups excluding carboxylic acids is 1. The Morgan fingerprint density at radius 2 is 2.28 bits per heavy atom. The summed E-state index contributed by atoms with van der Waals surface area (Å²) in [6.45, 7) is 3.34. The molecule has 0 bridgehead atoms. The molecule has 1 aromatic heterocycles. The van der Waals surface area contributed by atoms with E-state index in [-0.39, 0.29) is 11.3 Å². The first-order valence-electron chi connectivity index (χ1n) is 6.07. The van der Waals surface area contributed by atoms with Crippen LogP contribution in [0.2, 0.25) is 0 Å². The molecule has 0 spiro atoms. The number of benzene rings is 1. The summed E-state index contributed by atoms with van der Waals surface area (Å²) < 4.78 is 5.60. The first kappa shape index (κ1) is 11.6. The van der Waals surface area contributed by atoms with Crippen molar-refractivity contribution < 1.29 is 9.21 Å². The number of furan rings is 1. The minimum Gasteiger partial charge on any atom is -0.451 e. The van der Waals surface area contributed by atoms with Crippen molar-refractivity contribution in [3.63, 3.8) is 0 Å². The summed E-state index contributed by atoms with van der Waals surface area (Å²) >= 11 is 6.01. The van der Waals surface area contributed by atoms with Gasteiger partial charge in [0.2, 0.25) is 0 Å². The number of halogens is 1. The number of amides is 1. The number of hydrogen-bond acceptors (Lipinski definition) is 2. The minimum atomic E-state index is -0.0630. The topological polar surface area (TPSA) is 33.5 Å². The molecule has 4 heteroatoms. The summed E-state index contributed by atoms with van der Waals surface area (Å²) in [7, 11) is 0. The second kappa shape index (κ2) is 4.32. The second-order valence-electron chi connectivity index (χ2n) is 4.79. The Hall–Kier alpha value is -1.48. The van der Waals surface area contributed by atoms with E-state index in [0.717, 1.165) is 23.0 Å². The van der Waals surface area contributed by atoms with Gasteiger partial charge in [0.25, 0.3) is 5.91 Å². The van der Waals surface area contributed by atoms with Crippen molar-refractivity contribution in [3.05, 3.63) is 35.6 Å². The third-order valence-corrected chi connectivity index (χ3v) is 3.66. The van der Waals surface area contributed by atoms with Crippen LogP contribution in [0.3, 0.4) is 0 Å². The summed E-state index contributed by atoms with van der Waals surface area (Å²) in [5.74, 6) is 0.341. The van der Waals surface area contributed by atoms with E-state index in [1.165, 1.54) is 0 Å². The van der Waals surface area contributed by atoms with Gasteiger partial charge >= 0.3 is 0 Å². The zero-order valence-electron chi connectivity index (χ0n) is 10.1. The Morgan fingerprint density at radius 3 is 3.00 bits per heavy atom. The van der Waals surface area contributed by atoms with Crippen LogP contribution in [0.15, 0.2) is 28.7 Å². The maximum Gasteiger partial charge on any atom is 0.289 e. The number of carbonyl (C=O) groups is 1. The number of aryl methyl sites for hydroxylation is 1. The molecule has 1 aliphatic rings. The Labute approximate surface area is 110 Å². The van der Waals surface area contributed by atoms with Crippen molar-refractivity contribution in [2.45, 2.75) is 18.7 Å². The lowest BCUT2D eigenvalue weighted by molar-refractivity contribution is 0.0764. The van der Waals surface area contributed by atoms with E-state index in [2.05, 4.69) is 0 Å². The van der Waals surface area contributed by atoms with Crippen LogP contribution in [0.4, 0.5) is 0 Å². The lowest BCUT2D eigenvalue weighted by Gasteiger charge is -2.12. The molecule has 1 amide bonds. The van der Waals surface area contributed by atoms with E-state index in [0.29, 0.717) is 18.8 Å². The lowest BCUT2D eigenvalue weighted by atomic mass is 10.2. The summed E-state index contributed by atoms with van der Waals surface area (Å²) in [5, 5.41) is 1.04. The van der Waals surface area contributed by atoms with Crippen molar-refractivity contribution in [2.24, 2.45) is 0 Å². The molecule has 1 saturated heterocycles. The molecule has 0 aliphatic carbocycles. The number of nitrogens with zero attached hydrogens (tertiary/aromatic N) is 1. The largest absolute Gasteiger partial charge is 0.451 e. The molecule has 0 saturated carbocycles. The van der Waals surface area contributed by atoms with Crippen molar-refractivity contribution in [2.75, 3.05) is 13.1 Å². The third kappa shape index (κ3) is 1.99. The lowest BCUT2D eigenvalue weighted by Crippen LogP contribution is -2.28. The van der Waals surface area contributed by atoms with Crippen LogP contribution in [-0.4, -0.2) is 29.3 Å². The molecule has 3 nitrogen and oxygen atoms in total. The average Bonchev–Trinajstić information content (AvgIpc) is 2.93. The Balaban J connectivity index is 1.92. The van der Waals surface area contributed by atoms with Gasteiger partial charge in [-0.3, -0.25) is 4.79 Å². The Kier molecular flexibility index (Phi) is 2.78. The van der Waals surface area contributed by atoms with Gasteiger partial charge in [-0.15, -0.1) is 11.6 Å². The van der Waals surface area contributed by atoms with Crippen LogP contribution < -0.4 is 0 Å². The highest BCUT2D eigenvalue weighted by Crippen LogP contribution is 2.23. The van der Waals surface area contributed by atoms with Gasteiger partial charge in [-0.05, 0) is 31.5 Å². The normalized spacial score (nSPS) is 19.7. The van der Waals surface area contributed by atoms with E-state index in [1.807, 2.05) is 31.2 Å². The van der Waals surface area contributed by atoms with Gasteiger partial charge < -0.3 is 9.32 Å². The van der Waals surface area contributed by atoms with Gasteiger partial charge in [-0.1, -0.05) is 11.6 Å². The van der Waals surface area contributed by atoms with Crippen molar-refractivity contribution >= 4 is 28.5 Å². The molecule has 0 N–H and O–H groups in total. The Bertz CT molecular complexity index is 605. The monoisotopic (exact) mass is 263 g/mol. The molecular weight excluding hydrogens is 250 g/mol. The van der Waals surface area contributed by atoms with Gasteiger partial charge in [0.05, 0.1) is 5.38 Å².